The third-order valence-corrected chi connectivity index (χ3v) is 6.15. The number of carbonyl (C=O) groups excluding carboxylic acids is 1. The Bertz CT molecular complexity index is 1310. The Hall–Kier alpha value is -4.13. The van der Waals surface area contributed by atoms with E-state index in [1.807, 2.05) is 66.4 Å². The van der Waals surface area contributed by atoms with Crippen LogP contribution in [0.3, 0.4) is 0 Å². The quantitative estimate of drug-likeness (QED) is 0.396. The van der Waals surface area contributed by atoms with Gasteiger partial charge in [0.25, 0.3) is 5.91 Å². The second-order valence-electron chi connectivity index (χ2n) is 8.32. The maximum Gasteiger partial charge on any atom is 0.272 e. The minimum Gasteiger partial charge on any atom is -0.492 e. The highest BCUT2D eigenvalue weighted by Crippen LogP contribution is 2.30. The molecular weight excluding hydrogens is 443 g/mol. The summed E-state index contributed by atoms with van der Waals surface area (Å²) in [6.07, 6.45) is 0. The summed E-state index contributed by atoms with van der Waals surface area (Å²) >= 11 is 0. The molecule has 0 unspecified atom stereocenters. The van der Waals surface area contributed by atoms with Crippen LogP contribution in [0.15, 0.2) is 84.9 Å². The van der Waals surface area contributed by atoms with E-state index < -0.39 is 0 Å². The van der Waals surface area contributed by atoms with Crippen LogP contribution in [0.25, 0.3) is 16.9 Å². The fourth-order valence-electron chi connectivity index (χ4n) is 4.41. The van der Waals surface area contributed by atoms with Gasteiger partial charge in [0.2, 0.25) is 0 Å². The molecule has 1 saturated heterocycles. The van der Waals surface area contributed by atoms with Gasteiger partial charge in [-0.1, -0.05) is 42.5 Å². The van der Waals surface area contributed by atoms with Gasteiger partial charge in [-0.25, -0.2) is 9.07 Å². The van der Waals surface area contributed by atoms with Crippen LogP contribution in [0.2, 0.25) is 0 Å². The van der Waals surface area contributed by atoms with Crippen LogP contribution in [0.4, 0.5) is 10.1 Å². The molecule has 5 rings (SSSR count). The molecule has 1 amide bonds. The van der Waals surface area contributed by atoms with Crippen molar-refractivity contribution in [2.24, 2.45) is 0 Å². The minimum absolute atomic E-state index is 0.123. The molecule has 1 fully saturated rings. The molecule has 7 heteroatoms. The first-order valence-corrected chi connectivity index (χ1v) is 11.8. The zero-order valence-electron chi connectivity index (χ0n) is 19.6. The van der Waals surface area contributed by atoms with Gasteiger partial charge in [-0.15, -0.1) is 0 Å². The van der Waals surface area contributed by atoms with E-state index in [2.05, 4.69) is 10.00 Å². The van der Waals surface area contributed by atoms with E-state index in [0.717, 1.165) is 17.1 Å². The van der Waals surface area contributed by atoms with E-state index in [9.17, 15) is 9.18 Å². The number of rotatable bonds is 6. The van der Waals surface area contributed by atoms with Gasteiger partial charge < -0.3 is 14.5 Å². The molecule has 4 aromatic rings. The fraction of sp³-hybridized carbons (Fsp3) is 0.214. The van der Waals surface area contributed by atoms with Gasteiger partial charge in [-0.2, -0.15) is 5.10 Å². The van der Waals surface area contributed by atoms with Crippen LogP contribution in [0.5, 0.6) is 5.75 Å². The number of anilines is 1. The molecule has 0 atom stereocenters. The summed E-state index contributed by atoms with van der Waals surface area (Å²) in [5, 5.41) is 4.62. The number of piperazine rings is 1. The normalized spacial score (nSPS) is 13.7. The number of nitrogens with zero attached hydrogens (tertiary/aromatic N) is 4. The van der Waals surface area contributed by atoms with Gasteiger partial charge in [0, 0.05) is 31.7 Å². The maximum absolute atomic E-state index is 14.5. The molecule has 0 N–H and O–H groups in total. The predicted octanol–water partition coefficient (Wildman–Crippen LogP) is 5.04. The van der Waals surface area contributed by atoms with Gasteiger partial charge in [-0.05, 0) is 49.4 Å². The van der Waals surface area contributed by atoms with Crippen molar-refractivity contribution in [2.45, 2.75) is 6.92 Å². The Labute approximate surface area is 204 Å². The maximum atomic E-state index is 14.5. The minimum atomic E-state index is -0.370. The van der Waals surface area contributed by atoms with Crippen molar-refractivity contribution < 1.29 is 13.9 Å². The van der Waals surface area contributed by atoms with E-state index in [0.29, 0.717) is 49.7 Å². The van der Waals surface area contributed by atoms with Crippen molar-refractivity contribution in [1.82, 2.24) is 14.7 Å². The van der Waals surface area contributed by atoms with Gasteiger partial charge in [-0.3, -0.25) is 4.79 Å². The summed E-state index contributed by atoms with van der Waals surface area (Å²) in [5.41, 5.74) is 3.01. The second-order valence-corrected chi connectivity index (χ2v) is 8.32. The van der Waals surface area contributed by atoms with Crippen LogP contribution >= 0.6 is 0 Å². The molecule has 1 aliphatic rings. The van der Waals surface area contributed by atoms with Crippen molar-refractivity contribution in [1.29, 1.82) is 0 Å². The molecule has 0 bridgehead atoms. The molecule has 6 nitrogen and oxygen atoms in total. The first-order valence-electron chi connectivity index (χ1n) is 11.8. The molecule has 0 radical (unpaired) electrons. The van der Waals surface area contributed by atoms with Crippen LogP contribution in [-0.2, 0) is 0 Å². The number of halogens is 1. The van der Waals surface area contributed by atoms with Crippen molar-refractivity contribution >= 4 is 11.6 Å². The zero-order chi connectivity index (χ0) is 24.2. The highest BCUT2D eigenvalue weighted by atomic mass is 19.1. The van der Waals surface area contributed by atoms with Crippen LogP contribution in [-0.4, -0.2) is 53.4 Å². The number of carbonyl (C=O) groups is 1. The summed E-state index contributed by atoms with van der Waals surface area (Å²) in [4.78, 5) is 17.7. The highest BCUT2D eigenvalue weighted by molar-refractivity contribution is 5.94. The lowest BCUT2D eigenvalue weighted by Crippen LogP contribution is -2.49. The summed E-state index contributed by atoms with van der Waals surface area (Å²) in [7, 11) is 0. The molecule has 1 aromatic heterocycles. The molecule has 35 heavy (non-hydrogen) atoms. The van der Waals surface area contributed by atoms with Gasteiger partial charge in [0.15, 0.2) is 0 Å². The molecule has 3 aromatic carbocycles. The number of hydrogen-bond acceptors (Lipinski definition) is 4. The van der Waals surface area contributed by atoms with E-state index in [-0.39, 0.29) is 11.7 Å². The lowest BCUT2D eigenvalue weighted by atomic mass is 10.1. The van der Waals surface area contributed by atoms with Crippen molar-refractivity contribution in [3.63, 3.8) is 0 Å². The third-order valence-electron chi connectivity index (χ3n) is 6.15. The fourth-order valence-corrected chi connectivity index (χ4v) is 4.41. The summed E-state index contributed by atoms with van der Waals surface area (Å²) in [5.74, 6) is 0.360. The summed E-state index contributed by atoms with van der Waals surface area (Å²) in [6.45, 7) is 5.08. The average molecular weight is 471 g/mol. The topological polar surface area (TPSA) is 50.6 Å². The van der Waals surface area contributed by atoms with Gasteiger partial charge >= 0.3 is 0 Å². The lowest BCUT2D eigenvalue weighted by molar-refractivity contribution is 0.0737. The standard InChI is InChI=1S/C28H27FN4O2/c1-2-35-27-15-9-8-14-25(27)31-16-18-32(19-17-31)28(34)26-20-24(22-12-6-7-13-23(22)29)30-33(26)21-10-4-3-5-11-21/h3-15,20H,2,16-19H2,1H3. The third kappa shape index (κ3) is 4.62. The Kier molecular flexibility index (Phi) is 6.48. The average Bonchev–Trinajstić information content (AvgIpc) is 3.35. The molecule has 2 heterocycles. The SMILES string of the molecule is CCOc1ccccc1N1CCN(C(=O)c2cc(-c3ccccc3F)nn2-c2ccccc2)CC1. The Morgan fingerprint density at radius 2 is 1.60 bits per heavy atom. The van der Waals surface area contributed by atoms with Crippen LogP contribution in [0.1, 0.15) is 17.4 Å². The number of aromatic nitrogens is 2. The second kappa shape index (κ2) is 10.0. The molecular formula is C28H27FN4O2. The number of hydrogen-bond donors (Lipinski definition) is 0. The number of ether oxygens (including phenoxy) is 1. The molecule has 0 aliphatic carbocycles. The number of amides is 1. The Morgan fingerprint density at radius 1 is 0.914 bits per heavy atom. The molecule has 178 valence electrons. The van der Waals surface area contributed by atoms with Crippen LogP contribution < -0.4 is 9.64 Å². The Morgan fingerprint density at radius 3 is 2.34 bits per heavy atom. The largest absolute Gasteiger partial charge is 0.492 e. The smallest absolute Gasteiger partial charge is 0.272 e. The monoisotopic (exact) mass is 470 g/mol. The lowest BCUT2D eigenvalue weighted by Gasteiger charge is -2.36. The van der Waals surface area contributed by atoms with E-state index in [1.54, 1.807) is 28.9 Å². The number of para-hydroxylation sites is 3. The predicted molar refractivity (Wildman–Crippen MR) is 135 cm³/mol. The van der Waals surface area contributed by atoms with Crippen molar-refractivity contribution in [3.05, 3.63) is 96.4 Å². The first kappa shape index (κ1) is 22.7. The Balaban J connectivity index is 1.41. The van der Waals surface area contributed by atoms with Crippen molar-refractivity contribution in [2.75, 3.05) is 37.7 Å². The number of benzene rings is 3. The highest BCUT2D eigenvalue weighted by Gasteiger charge is 2.27. The van der Waals surface area contributed by atoms with Gasteiger partial charge in [0.05, 0.1) is 23.7 Å². The molecule has 0 spiro atoms. The van der Waals surface area contributed by atoms with E-state index in [4.69, 9.17) is 4.74 Å². The summed E-state index contributed by atoms with van der Waals surface area (Å²) < 4.78 is 21.9. The first-order chi connectivity index (χ1) is 17.2. The molecule has 1 aliphatic heterocycles. The van der Waals surface area contributed by atoms with E-state index >= 15 is 0 Å². The zero-order valence-corrected chi connectivity index (χ0v) is 19.6. The summed E-state index contributed by atoms with van der Waals surface area (Å²) in [6, 6.07) is 25.6. The van der Waals surface area contributed by atoms with Crippen molar-refractivity contribution in [3.8, 4) is 22.7 Å². The van der Waals surface area contributed by atoms with Crippen LogP contribution in [0, 0.1) is 5.82 Å². The molecule has 0 saturated carbocycles. The van der Waals surface area contributed by atoms with E-state index in [1.165, 1.54) is 6.07 Å². The van der Waals surface area contributed by atoms with Gasteiger partial charge in [0.1, 0.15) is 17.3 Å².